The van der Waals surface area contributed by atoms with Crippen LogP contribution in [0, 0.1) is 0 Å². The number of carbonyl (C=O) groups is 1. The van der Waals surface area contributed by atoms with Crippen molar-refractivity contribution in [2.45, 2.75) is 47.6 Å². The van der Waals surface area contributed by atoms with E-state index in [9.17, 15) is 4.79 Å². The third-order valence-corrected chi connectivity index (χ3v) is 2.49. The minimum Gasteiger partial charge on any atom is -0.378 e. The van der Waals surface area contributed by atoms with Crippen LogP contribution in [0.3, 0.4) is 0 Å². The summed E-state index contributed by atoms with van der Waals surface area (Å²) in [6, 6.07) is 0.501. The van der Waals surface area contributed by atoms with Crippen LogP contribution in [-0.2, 0) is 19.0 Å². The van der Waals surface area contributed by atoms with Crippen molar-refractivity contribution in [1.82, 2.24) is 16.0 Å². The van der Waals surface area contributed by atoms with E-state index in [-0.39, 0.29) is 0 Å². The van der Waals surface area contributed by atoms with Crippen molar-refractivity contribution < 1.29 is 19.0 Å². The largest absolute Gasteiger partial charge is 0.378 e. The van der Waals surface area contributed by atoms with Gasteiger partial charge in [0.1, 0.15) is 0 Å². The molecule has 0 atom stereocenters. The first kappa shape index (κ1) is 29.0. The Kier molecular flexibility index (Phi) is 36.1. The zero-order valence-corrected chi connectivity index (χ0v) is 17.4. The standard InChI is InChI=1S/C14H31N3O4.2C2H6/c1-14(2)17-6-10-21-12-11-20-8-4-15-3-7-19-9-5-16-13-18;2*1-2/h13-15,17H,3-12H2,1-2H3,(H,16,18);2*1-2H3. The van der Waals surface area contributed by atoms with Crippen LogP contribution in [0.15, 0.2) is 0 Å². The lowest BCUT2D eigenvalue weighted by Gasteiger charge is -2.09. The second-order valence-corrected chi connectivity index (χ2v) is 4.77. The Labute approximate surface area is 155 Å². The van der Waals surface area contributed by atoms with Crippen molar-refractivity contribution in [3.8, 4) is 0 Å². The Morgan fingerprint density at radius 1 is 0.720 bits per heavy atom. The number of nitrogens with one attached hydrogen (secondary N) is 3. The molecule has 0 fully saturated rings. The van der Waals surface area contributed by atoms with Crippen LogP contribution in [0.4, 0.5) is 0 Å². The minimum absolute atomic E-state index is 0.501. The molecule has 0 aromatic heterocycles. The van der Waals surface area contributed by atoms with Crippen LogP contribution >= 0.6 is 0 Å². The minimum atomic E-state index is 0.501. The molecular weight excluding hydrogens is 322 g/mol. The van der Waals surface area contributed by atoms with Crippen molar-refractivity contribution in [2.75, 3.05) is 65.8 Å². The molecule has 0 spiro atoms. The third-order valence-electron chi connectivity index (χ3n) is 2.49. The van der Waals surface area contributed by atoms with Crippen LogP contribution in [0.2, 0.25) is 0 Å². The van der Waals surface area contributed by atoms with E-state index in [0.717, 1.165) is 26.2 Å². The normalized spacial score (nSPS) is 9.72. The maximum Gasteiger partial charge on any atom is 0.207 e. The van der Waals surface area contributed by atoms with Gasteiger partial charge in [-0.15, -0.1) is 0 Å². The molecule has 0 rings (SSSR count). The highest BCUT2D eigenvalue weighted by Gasteiger charge is 1.93. The molecule has 0 aliphatic carbocycles. The van der Waals surface area contributed by atoms with E-state index in [1.807, 2.05) is 27.7 Å². The first-order valence-electron chi connectivity index (χ1n) is 9.61. The molecule has 0 saturated heterocycles. The monoisotopic (exact) mass is 365 g/mol. The van der Waals surface area contributed by atoms with Gasteiger partial charge in [0, 0.05) is 32.2 Å². The fraction of sp³-hybridized carbons (Fsp3) is 0.944. The first-order chi connectivity index (χ1) is 12.3. The van der Waals surface area contributed by atoms with Gasteiger partial charge < -0.3 is 30.2 Å². The summed E-state index contributed by atoms with van der Waals surface area (Å²) < 4.78 is 16.1. The van der Waals surface area contributed by atoms with Crippen LogP contribution in [0.1, 0.15) is 41.5 Å². The SMILES string of the molecule is CC.CC.CC(C)NCCOCCOCCNCCOCCNC=O. The molecule has 0 aliphatic rings. The second kappa shape index (κ2) is 31.1. The zero-order valence-electron chi connectivity index (χ0n) is 17.4. The Morgan fingerprint density at radius 2 is 1.16 bits per heavy atom. The average Bonchev–Trinajstić information content (AvgIpc) is 2.64. The predicted molar refractivity (Wildman–Crippen MR) is 105 cm³/mol. The number of amides is 1. The van der Waals surface area contributed by atoms with Crippen molar-refractivity contribution in [3.63, 3.8) is 0 Å². The summed E-state index contributed by atoms with van der Waals surface area (Å²) in [5.41, 5.74) is 0. The molecule has 154 valence electrons. The fourth-order valence-corrected chi connectivity index (χ4v) is 1.45. The van der Waals surface area contributed by atoms with Crippen molar-refractivity contribution in [1.29, 1.82) is 0 Å². The molecule has 1 amide bonds. The molecule has 3 N–H and O–H groups in total. The van der Waals surface area contributed by atoms with Gasteiger partial charge in [0.15, 0.2) is 0 Å². The zero-order chi connectivity index (χ0) is 19.6. The lowest BCUT2D eigenvalue weighted by atomic mass is 10.4. The molecular formula is C18H43N3O4. The molecule has 25 heavy (non-hydrogen) atoms. The van der Waals surface area contributed by atoms with E-state index in [1.165, 1.54) is 0 Å². The van der Waals surface area contributed by atoms with Gasteiger partial charge in [-0.05, 0) is 0 Å². The summed E-state index contributed by atoms with van der Waals surface area (Å²) in [6.45, 7) is 19.0. The third kappa shape index (κ3) is 35.3. The van der Waals surface area contributed by atoms with Crippen molar-refractivity contribution in [2.24, 2.45) is 0 Å². The van der Waals surface area contributed by atoms with Gasteiger partial charge >= 0.3 is 0 Å². The van der Waals surface area contributed by atoms with E-state index in [2.05, 4.69) is 29.8 Å². The average molecular weight is 366 g/mol. The molecule has 7 heteroatoms. The summed E-state index contributed by atoms with van der Waals surface area (Å²) in [5, 5.41) is 9.03. The lowest BCUT2D eigenvalue weighted by molar-refractivity contribution is -0.109. The van der Waals surface area contributed by atoms with E-state index < -0.39 is 0 Å². The number of carbonyl (C=O) groups excluding carboxylic acids is 1. The first-order valence-corrected chi connectivity index (χ1v) is 9.61. The number of ether oxygens (including phenoxy) is 3. The topological polar surface area (TPSA) is 80.8 Å². The highest BCUT2D eigenvalue weighted by atomic mass is 16.5. The van der Waals surface area contributed by atoms with Crippen LogP contribution in [0.25, 0.3) is 0 Å². The number of hydrogen-bond donors (Lipinski definition) is 3. The number of hydrogen-bond acceptors (Lipinski definition) is 6. The van der Waals surface area contributed by atoms with Gasteiger partial charge in [-0.25, -0.2) is 0 Å². The Bertz CT molecular complexity index is 220. The van der Waals surface area contributed by atoms with Crippen LogP contribution < -0.4 is 16.0 Å². The van der Waals surface area contributed by atoms with Gasteiger partial charge in [-0.1, -0.05) is 41.5 Å². The predicted octanol–water partition coefficient (Wildman–Crippen LogP) is 1.42. The molecule has 0 aromatic rings. The molecule has 7 nitrogen and oxygen atoms in total. The maximum atomic E-state index is 9.96. The number of rotatable bonds is 17. The molecule has 0 radical (unpaired) electrons. The summed E-state index contributed by atoms with van der Waals surface area (Å²) in [6.07, 6.45) is 0.670. The van der Waals surface area contributed by atoms with E-state index in [0.29, 0.717) is 52.0 Å². The van der Waals surface area contributed by atoms with Crippen LogP contribution in [0.5, 0.6) is 0 Å². The van der Waals surface area contributed by atoms with Gasteiger partial charge in [0.25, 0.3) is 0 Å². The molecule has 0 aromatic carbocycles. The Morgan fingerprint density at radius 3 is 1.64 bits per heavy atom. The Hall–Kier alpha value is -0.730. The summed E-state index contributed by atoms with van der Waals surface area (Å²) in [5.74, 6) is 0. The van der Waals surface area contributed by atoms with Crippen molar-refractivity contribution in [3.05, 3.63) is 0 Å². The van der Waals surface area contributed by atoms with E-state index >= 15 is 0 Å². The van der Waals surface area contributed by atoms with Gasteiger partial charge in [-0.3, -0.25) is 4.79 Å². The highest BCUT2D eigenvalue weighted by Crippen LogP contribution is 1.80. The summed E-state index contributed by atoms with van der Waals surface area (Å²) in [7, 11) is 0. The molecule has 0 aliphatic heterocycles. The molecule has 0 saturated carbocycles. The summed E-state index contributed by atoms with van der Waals surface area (Å²) >= 11 is 0. The molecule has 0 bridgehead atoms. The maximum absolute atomic E-state index is 9.96. The Balaban J connectivity index is -0.00000112. The van der Waals surface area contributed by atoms with Gasteiger partial charge in [-0.2, -0.15) is 0 Å². The lowest BCUT2D eigenvalue weighted by Crippen LogP contribution is -2.27. The highest BCUT2D eigenvalue weighted by molar-refractivity contribution is 5.45. The van der Waals surface area contributed by atoms with E-state index in [4.69, 9.17) is 14.2 Å². The van der Waals surface area contributed by atoms with Gasteiger partial charge in [0.2, 0.25) is 6.41 Å². The smallest absolute Gasteiger partial charge is 0.207 e. The van der Waals surface area contributed by atoms with Gasteiger partial charge in [0.05, 0.1) is 39.6 Å². The van der Waals surface area contributed by atoms with Crippen LogP contribution in [-0.4, -0.2) is 78.3 Å². The quantitative estimate of drug-likeness (QED) is 0.267. The molecule has 0 heterocycles. The van der Waals surface area contributed by atoms with E-state index in [1.54, 1.807) is 0 Å². The van der Waals surface area contributed by atoms with Crippen molar-refractivity contribution >= 4 is 6.41 Å². The summed E-state index contributed by atoms with van der Waals surface area (Å²) in [4.78, 5) is 9.96. The second-order valence-electron chi connectivity index (χ2n) is 4.77. The molecule has 0 unspecified atom stereocenters. The fourth-order valence-electron chi connectivity index (χ4n) is 1.45.